The van der Waals surface area contributed by atoms with Crippen molar-refractivity contribution in [2.45, 2.75) is 13.3 Å². The zero-order valence-electron chi connectivity index (χ0n) is 14.4. The van der Waals surface area contributed by atoms with Gasteiger partial charge in [0, 0.05) is 0 Å². The van der Waals surface area contributed by atoms with Crippen molar-refractivity contribution < 1.29 is 19.5 Å². The second kappa shape index (κ2) is 7.51. The molecule has 0 bridgehead atoms. The van der Waals surface area contributed by atoms with Gasteiger partial charge in [0.25, 0.3) is 11.8 Å². The van der Waals surface area contributed by atoms with Crippen molar-refractivity contribution in [3.8, 4) is 0 Å². The van der Waals surface area contributed by atoms with Gasteiger partial charge in [-0.1, -0.05) is 37.3 Å². The Hall–Kier alpha value is -3.32. The molecule has 136 valence electrons. The zero-order chi connectivity index (χ0) is 19.6. The van der Waals surface area contributed by atoms with Gasteiger partial charge in [0.15, 0.2) is 5.11 Å². The van der Waals surface area contributed by atoms with Crippen molar-refractivity contribution in [1.82, 2.24) is 5.32 Å². The standard InChI is InChI=1S/C20H16N2O4S/c1-2-12-6-8-13(9-7-12)10-16-17(23)21-20(27)22(18(16)24)15-5-3-4-14(11-15)19(25)26/h3-11H,2H2,1H3,(H,25,26)(H,21,23,27). The van der Waals surface area contributed by atoms with Crippen LogP contribution in [0.4, 0.5) is 5.69 Å². The molecular formula is C20H16N2O4S. The Morgan fingerprint density at radius 3 is 2.52 bits per heavy atom. The summed E-state index contributed by atoms with van der Waals surface area (Å²) >= 11 is 5.12. The van der Waals surface area contributed by atoms with Crippen LogP contribution < -0.4 is 10.2 Å². The normalized spacial score (nSPS) is 15.8. The molecule has 0 atom stereocenters. The Balaban J connectivity index is 1.99. The van der Waals surface area contributed by atoms with E-state index in [9.17, 15) is 14.4 Å². The number of hydrogen-bond donors (Lipinski definition) is 2. The highest BCUT2D eigenvalue weighted by atomic mass is 32.1. The van der Waals surface area contributed by atoms with Gasteiger partial charge in [-0.2, -0.15) is 0 Å². The molecule has 2 aromatic rings. The molecule has 0 saturated carbocycles. The lowest BCUT2D eigenvalue weighted by molar-refractivity contribution is -0.122. The monoisotopic (exact) mass is 380 g/mol. The molecule has 6 nitrogen and oxygen atoms in total. The van der Waals surface area contributed by atoms with Crippen molar-refractivity contribution >= 4 is 46.9 Å². The summed E-state index contributed by atoms with van der Waals surface area (Å²) in [5.41, 5.74) is 2.06. The van der Waals surface area contributed by atoms with E-state index in [1.807, 2.05) is 31.2 Å². The van der Waals surface area contributed by atoms with Gasteiger partial charge in [0.1, 0.15) is 5.57 Å². The summed E-state index contributed by atoms with van der Waals surface area (Å²) in [5.74, 6) is -2.32. The van der Waals surface area contributed by atoms with Gasteiger partial charge >= 0.3 is 5.97 Å². The lowest BCUT2D eigenvalue weighted by atomic mass is 10.0. The van der Waals surface area contributed by atoms with Crippen LogP contribution in [0.2, 0.25) is 0 Å². The fourth-order valence-corrected chi connectivity index (χ4v) is 2.97. The van der Waals surface area contributed by atoms with Gasteiger partial charge in [-0.15, -0.1) is 0 Å². The molecule has 0 unspecified atom stereocenters. The van der Waals surface area contributed by atoms with Crippen LogP contribution in [0.5, 0.6) is 0 Å². The maximum Gasteiger partial charge on any atom is 0.335 e. The Morgan fingerprint density at radius 1 is 1.19 bits per heavy atom. The van der Waals surface area contributed by atoms with Crippen molar-refractivity contribution in [2.75, 3.05) is 4.90 Å². The second-order valence-corrected chi connectivity index (χ2v) is 6.30. The van der Waals surface area contributed by atoms with Crippen LogP contribution in [0.3, 0.4) is 0 Å². The molecular weight excluding hydrogens is 364 g/mol. The molecule has 27 heavy (non-hydrogen) atoms. The topological polar surface area (TPSA) is 86.7 Å². The van der Waals surface area contributed by atoms with E-state index in [1.54, 1.807) is 6.07 Å². The molecule has 3 rings (SSSR count). The van der Waals surface area contributed by atoms with E-state index in [4.69, 9.17) is 17.3 Å². The molecule has 1 saturated heterocycles. The highest BCUT2D eigenvalue weighted by molar-refractivity contribution is 7.80. The van der Waals surface area contributed by atoms with E-state index in [1.165, 1.54) is 24.3 Å². The fraction of sp³-hybridized carbons (Fsp3) is 0.100. The first kappa shape index (κ1) is 18.5. The summed E-state index contributed by atoms with van der Waals surface area (Å²) in [4.78, 5) is 37.5. The maximum atomic E-state index is 12.9. The first-order chi connectivity index (χ1) is 12.9. The third kappa shape index (κ3) is 3.78. The van der Waals surface area contributed by atoms with Gasteiger partial charge in [-0.25, -0.2) is 4.79 Å². The molecule has 1 aliphatic rings. The molecule has 1 heterocycles. The van der Waals surface area contributed by atoms with Crippen LogP contribution in [0.1, 0.15) is 28.4 Å². The molecule has 0 aliphatic carbocycles. The molecule has 2 amide bonds. The predicted octanol–water partition coefficient (Wildman–Crippen LogP) is 2.78. The number of thiocarbonyl (C=S) groups is 1. The number of carbonyl (C=O) groups excluding carboxylic acids is 2. The van der Waals surface area contributed by atoms with Gasteiger partial charge in [0.05, 0.1) is 11.3 Å². The number of nitrogens with one attached hydrogen (secondary N) is 1. The molecule has 0 spiro atoms. The first-order valence-electron chi connectivity index (χ1n) is 8.24. The third-order valence-corrected chi connectivity index (χ3v) is 4.44. The SMILES string of the molecule is CCc1ccc(C=C2C(=O)NC(=S)N(c3cccc(C(=O)O)c3)C2=O)cc1. The highest BCUT2D eigenvalue weighted by Crippen LogP contribution is 2.23. The lowest BCUT2D eigenvalue weighted by Crippen LogP contribution is -2.54. The average molecular weight is 380 g/mol. The summed E-state index contributed by atoms with van der Waals surface area (Å²) in [6, 6.07) is 13.3. The first-order valence-corrected chi connectivity index (χ1v) is 8.65. The molecule has 0 aromatic heterocycles. The number of carboxylic acids is 1. The largest absolute Gasteiger partial charge is 0.478 e. The summed E-state index contributed by atoms with van der Waals surface area (Å²) < 4.78 is 0. The van der Waals surface area contributed by atoms with Crippen molar-refractivity contribution in [3.05, 3.63) is 70.8 Å². The molecule has 7 heteroatoms. The van der Waals surface area contributed by atoms with Crippen LogP contribution in [0.25, 0.3) is 6.08 Å². The quantitative estimate of drug-likeness (QED) is 0.484. The van der Waals surface area contributed by atoms with E-state index in [2.05, 4.69) is 5.32 Å². The number of benzene rings is 2. The van der Waals surface area contributed by atoms with E-state index >= 15 is 0 Å². The summed E-state index contributed by atoms with van der Waals surface area (Å²) in [5, 5.41) is 11.5. The number of rotatable bonds is 4. The predicted molar refractivity (Wildman–Crippen MR) is 105 cm³/mol. The number of carbonyl (C=O) groups is 3. The Bertz CT molecular complexity index is 980. The maximum absolute atomic E-state index is 12.9. The van der Waals surface area contributed by atoms with E-state index in [-0.39, 0.29) is 21.9 Å². The number of anilines is 1. The third-order valence-electron chi connectivity index (χ3n) is 4.15. The van der Waals surface area contributed by atoms with Crippen LogP contribution in [0, 0.1) is 0 Å². The van der Waals surface area contributed by atoms with Gasteiger partial charge in [-0.05, 0) is 54.0 Å². The molecule has 2 aromatic carbocycles. The van der Waals surface area contributed by atoms with Gasteiger partial charge in [0.2, 0.25) is 0 Å². The average Bonchev–Trinajstić information content (AvgIpc) is 2.65. The number of amides is 2. The Labute approximate surface area is 161 Å². The second-order valence-electron chi connectivity index (χ2n) is 5.91. The van der Waals surface area contributed by atoms with Crippen LogP contribution in [0.15, 0.2) is 54.1 Å². The summed E-state index contributed by atoms with van der Waals surface area (Å²) in [7, 11) is 0. The van der Waals surface area contributed by atoms with Crippen molar-refractivity contribution in [3.63, 3.8) is 0 Å². The molecule has 1 aliphatic heterocycles. The Morgan fingerprint density at radius 2 is 1.89 bits per heavy atom. The molecule has 0 radical (unpaired) electrons. The summed E-state index contributed by atoms with van der Waals surface area (Å²) in [6.07, 6.45) is 2.38. The van der Waals surface area contributed by atoms with Crippen LogP contribution >= 0.6 is 12.2 Å². The number of nitrogens with zero attached hydrogens (tertiary/aromatic N) is 1. The highest BCUT2D eigenvalue weighted by Gasteiger charge is 2.34. The van der Waals surface area contributed by atoms with Gasteiger partial charge in [-0.3, -0.25) is 19.8 Å². The molecule has 2 N–H and O–H groups in total. The van der Waals surface area contributed by atoms with E-state index in [0.717, 1.165) is 16.9 Å². The van der Waals surface area contributed by atoms with E-state index in [0.29, 0.717) is 5.56 Å². The van der Waals surface area contributed by atoms with Crippen LogP contribution in [-0.4, -0.2) is 28.0 Å². The van der Waals surface area contributed by atoms with Crippen molar-refractivity contribution in [1.29, 1.82) is 0 Å². The van der Waals surface area contributed by atoms with Crippen molar-refractivity contribution in [2.24, 2.45) is 0 Å². The fourth-order valence-electron chi connectivity index (χ4n) is 2.69. The van der Waals surface area contributed by atoms with Gasteiger partial charge < -0.3 is 5.11 Å². The summed E-state index contributed by atoms with van der Waals surface area (Å²) in [6.45, 7) is 2.04. The van der Waals surface area contributed by atoms with E-state index < -0.39 is 17.8 Å². The number of aryl methyl sites for hydroxylation is 1. The van der Waals surface area contributed by atoms with Crippen LogP contribution in [-0.2, 0) is 16.0 Å². The Kier molecular flexibility index (Phi) is 5.14. The number of aromatic carboxylic acids is 1. The zero-order valence-corrected chi connectivity index (χ0v) is 15.2. The number of hydrogen-bond acceptors (Lipinski definition) is 4. The smallest absolute Gasteiger partial charge is 0.335 e. The molecule has 1 fully saturated rings. The minimum atomic E-state index is -1.12. The lowest BCUT2D eigenvalue weighted by Gasteiger charge is -2.29. The number of carboxylic acid groups (broad SMARTS) is 1. The minimum Gasteiger partial charge on any atom is -0.478 e. The minimum absolute atomic E-state index is 0.0145.